The molecule has 0 bridgehead atoms. The van der Waals surface area contributed by atoms with Gasteiger partial charge in [0.1, 0.15) is 5.75 Å². The summed E-state index contributed by atoms with van der Waals surface area (Å²) in [6.45, 7) is 2.35. The molecule has 1 unspecified atom stereocenters. The minimum absolute atomic E-state index is 0.0881. The molecule has 0 aromatic heterocycles. The topological polar surface area (TPSA) is 21.3 Å². The molecule has 0 amide bonds. The molecule has 1 aliphatic rings. The summed E-state index contributed by atoms with van der Waals surface area (Å²) in [5, 5.41) is 3.58. The standard InChI is InChI=1S/C15H23NO/c1-12-8-6-7-11-15(12,16-2)13-9-4-5-10-14(13)17-3/h4-5,9-10,12,16H,6-8,11H2,1-3H3/t12?,15-/m0/s1. The van der Waals surface area contributed by atoms with Gasteiger partial charge in [-0.2, -0.15) is 0 Å². The van der Waals surface area contributed by atoms with E-state index in [9.17, 15) is 0 Å². The molecule has 2 nitrogen and oxygen atoms in total. The zero-order chi connectivity index (χ0) is 12.3. The Kier molecular flexibility index (Phi) is 3.72. The van der Waals surface area contributed by atoms with Gasteiger partial charge in [0.2, 0.25) is 0 Å². The van der Waals surface area contributed by atoms with Crippen LogP contribution < -0.4 is 10.1 Å². The number of rotatable bonds is 3. The Bertz CT molecular complexity index is 377. The normalized spacial score (nSPS) is 29.0. The predicted octanol–water partition coefficient (Wildman–Crippen LogP) is 3.32. The molecule has 0 aliphatic heterocycles. The molecule has 94 valence electrons. The first kappa shape index (κ1) is 12.4. The van der Waals surface area contributed by atoms with Crippen molar-refractivity contribution >= 4 is 0 Å². The highest BCUT2D eigenvalue weighted by molar-refractivity contribution is 5.40. The Morgan fingerprint density at radius 2 is 2.06 bits per heavy atom. The summed E-state index contributed by atoms with van der Waals surface area (Å²) in [6.07, 6.45) is 5.13. The Hall–Kier alpha value is -1.02. The van der Waals surface area contributed by atoms with Gasteiger partial charge in [-0.3, -0.25) is 0 Å². The molecule has 2 rings (SSSR count). The summed E-state index contributed by atoms with van der Waals surface area (Å²) >= 11 is 0. The zero-order valence-electron chi connectivity index (χ0n) is 11.1. The van der Waals surface area contributed by atoms with Crippen LogP contribution in [-0.2, 0) is 5.54 Å². The van der Waals surface area contributed by atoms with Crippen molar-refractivity contribution < 1.29 is 4.74 Å². The van der Waals surface area contributed by atoms with E-state index in [0.717, 1.165) is 5.75 Å². The second-order valence-corrected chi connectivity index (χ2v) is 5.07. The number of para-hydroxylation sites is 1. The average Bonchev–Trinajstić information content (AvgIpc) is 2.40. The first-order valence-electron chi connectivity index (χ1n) is 6.57. The fraction of sp³-hybridized carbons (Fsp3) is 0.600. The van der Waals surface area contributed by atoms with Crippen molar-refractivity contribution in [2.75, 3.05) is 14.2 Å². The number of ether oxygens (including phenoxy) is 1. The molecule has 1 saturated carbocycles. The molecule has 1 aliphatic carbocycles. The lowest BCUT2D eigenvalue weighted by molar-refractivity contribution is 0.161. The lowest BCUT2D eigenvalue weighted by Gasteiger charge is -2.43. The van der Waals surface area contributed by atoms with Crippen LogP contribution in [0.5, 0.6) is 5.75 Å². The SMILES string of the molecule is CN[C@@]1(c2ccccc2OC)CCCCC1C. The Labute approximate surface area is 104 Å². The number of methoxy groups -OCH3 is 1. The van der Waals surface area contributed by atoms with Crippen molar-refractivity contribution in [3.05, 3.63) is 29.8 Å². The number of hydrogen-bond donors (Lipinski definition) is 1. The molecule has 1 fully saturated rings. The van der Waals surface area contributed by atoms with Crippen molar-refractivity contribution in [2.45, 2.75) is 38.1 Å². The molecular formula is C15H23NO. The van der Waals surface area contributed by atoms with E-state index in [4.69, 9.17) is 4.74 Å². The second-order valence-electron chi connectivity index (χ2n) is 5.07. The lowest BCUT2D eigenvalue weighted by atomic mass is 9.69. The molecular weight excluding hydrogens is 210 g/mol. The smallest absolute Gasteiger partial charge is 0.123 e. The molecule has 2 atom stereocenters. The van der Waals surface area contributed by atoms with Gasteiger partial charge in [-0.1, -0.05) is 38.0 Å². The summed E-state index contributed by atoms with van der Waals surface area (Å²) < 4.78 is 5.53. The summed E-state index contributed by atoms with van der Waals surface area (Å²) in [7, 11) is 3.84. The maximum Gasteiger partial charge on any atom is 0.123 e. The molecule has 17 heavy (non-hydrogen) atoms. The van der Waals surface area contributed by atoms with Gasteiger partial charge >= 0.3 is 0 Å². The van der Waals surface area contributed by atoms with Crippen LogP contribution in [0.1, 0.15) is 38.2 Å². The number of benzene rings is 1. The van der Waals surface area contributed by atoms with Crippen LogP contribution in [0.25, 0.3) is 0 Å². The fourth-order valence-electron chi connectivity index (χ4n) is 3.27. The summed E-state index contributed by atoms with van der Waals surface area (Å²) in [4.78, 5) is 0. The maximum atomic E-state index is 5.53. The highest BCUT2D eigenvalue weighted by Crippen LogP contribution is 2.44. The van der Waals surface area contributed by atoms with Crippen LogP contribution in [0, 0.1) is 5.92 Å². The second kappa shape index (κ2) is 5.09. The third-order valence-corrected chi connectivity index (χ3v) is 4.33. The van der Waals surface area contributed by atoms with Crippen molar-refractivity contribution in [1.29, 1.82) is 0 Å². The lowest BCUT2D eigenvalue weighted by Crippen LogP contribution is -2.47. The van der Waals surface area contributed by atoms with Crippen molar-refractivity contribution in [3.63, 3.8) is 0 Å². The first-order valence-corrected chi connectivity index (χ1v) is 6.57. The Morgan fingerprint density at radius 3 is 2.71 bits per heavy atom. The Balaban J connectivity index is 2.46. The quantitative estimate of drug-likeness (QED) is 0.864. The van der Waals surface area contributed by atoms with Crippen LogP contribution in [-0.4, -0.2) is 14.2 Å². The third-order valence-electron chi connectivity index (χ3n) is 4.33. The average molecular weight is 233 g/mol. The van der Waals surface area contributed by atoms with Crippen molar-refractivity contribution in [2.24, 2.45) is 5.92 Å². The predicted molar refractivity (Wildman–Crippen MR) is 71.4 cm³/mol. The highest BCUT2D eigenvalue weighted by Gasteiger charge is 2.39. The van der Waals surface area contributed by atoms with Gasteiger partial charge < -0.3 is 10.1 Å². The van der Waals surface area contributed by atoms with Crippen LogP contribution in [0.3, 0.4) is 0 Å². The molecule has 0 spiro atoms. The fourth-order valence-corrected chi connectivity index (χ4v) is 3.27. The van der Waals surface area contributed by atoms with Gasteiger partial charge in [0.05, 0.1) is 7.11 Å². The van der Waals surface area contributed by atoms with Crippen molar-refractivity contribution in [3.8, 4) is 5.75 Å². The van der Waals surface area contributed by atoms with E-state index < -0.39 is 0 Å². The summed E-state index contributed by atoms with van der Waals surface area (Å²) in [6, 6.07) is 8.42. The minimum Gasteiger partial charge on any atom is -0.496 e. The summed E-state index contributed by atoms with van der Waals surface area (Å²) in [5.41, 5.74) is 1.41. The first-order chi connectivity index (χ1) is 8.24. The molecule has 1 N–H and O–H groups in total. The van der Waals surface area contributed by atoms with Gasteiger partial charge in [-0.05, 0) is 31.9 Å². The van der Waals surface area contributed by atoms with Crippen LogP contribution in [0.4, 0.5) is 0 Å². The molecule has 0 radical (unpaired) electrons. The van der Waals surface area contributed by atoms with Gasteiger partial charge in [-0.25, -0.2) is 0 Å². The van der Waals surface area contributed by atoms with Gasteiger partial charge in [0.25, 0.3) is 0 Å². The van der Waals surface area contributed by atoms with E-state index in [1.165, 1.54) is 31.2 Å². The van der Waals surface area contributed by atoms with E-state index in [1.54, 1.807) is 7.11 Å². The van der Waals surface area contributed by atoms with Gasteiger partial charge in [0, 0.05) is 11.1 Å². The maximum absolute atomic E-state index is 5.53. The van der Waals surface area contributed by atoms with Crippen LogP contribution in [0.15, 0.2) is 24.3 Å². The largest absolute Gasteiger partial charge is 0.496 e. The third kappa shape index (κ3) is 2.06. The Morgan fingerprint density at radius 1 is 1.29 bits per heavy atom. The highest BCUT2D eigenvalue weighted by atomic mass is 16.5. The molecule has 0 saturated heterocycles. The van der Waals surface area contributed by atoms with E-state index in [1.807, 2.05) is 6.07 Å². The van der Waals surface area contributed by atoms with Crippen LogP contribution >= 0.6 is 0 Å². The van der Waals surface area contributed by atoms with E-state index in [0.29, 0.717) is 5.92 Å². The van der Waals surface area contributed by atoms with E-state index >= 15 is 0 Å². The number of nitrogens with one attached hydrogen (secondary N) is 1. The van der Waals surface area contributed by atoms with Gasteiger partial charge in [0.15, 0.2) is 0 Å². The van der Waals surface area contributed by atoms with Crippen LogP contribution in [0.2, 0.25) is 0 Å². The van der Waals surface area contributed by atoms with E-state index in [2.05, 4.69) is 37.5 Å². The monoisotopic (exact) mass is 233 g/mol. The zero-order valence-corrected chi connectivity index (χ0v) is 11.1. The van der Waals surface area contributed by atoms with Gasteiger partial charge in [-0.15, -0.1) is 0 Å². The molecule has 1 aromatic rings. The molecule has 0 heterocycles. The van der Waals surface area contributed by atoms with Crippen molar-refractivity contribution in [1.82, 2.24) is 5.32 Å². The minimum atomic E-state index is 0.0881. The number of hydrogen-bond acceptors (Lipinski definition) is 2. The molecule has 1 aromatic carbocycles. The molecule has 2 heteroatoms. The summed E-state index contributed by atoms with van der Waals surface area (Å²) in [5.74, 6) is 1.66. The van der Waals surface area contributed by atoms with E-state index in [-0.39, 0.29) is 5.54 Å².